The molecule has 27 heavy (non-hydrogen) atoms. The number of nitrogens with one attached hydrogen (secondary N) is 1. The Morgan fingerprint density at radius 2 is 1.67 bits per heavy atom. The molecule has 0 aliphatic rings. The van der Waals surface area contributed by atoms with Crippen molar-refractivity contribution in [3.8, 4) is 11.3 Å². The van der Waals surface area contributed by atoms with E-state index in [4.69, 9.17) is 5.73 Å². The molecule has 3 rings (SSSR count). The molecule has 4 nitrogen and oxygen atoms in total. The Morgan fingerprint density at radius 3 is 2.30 bits per heavy atom. The normalized spacial score (nSPS) is 11.5. The molecule has 3 aromatic rings. The van der Waals surface area contributed by atoms with Gasteiger partial charge in [0.05, 0.1) is 11.3 Å². The van der Waals surface area contributed by atoms with Crippen LogP contribution in [0, 0.1) is 18.6 Å². The summed E-state index contributed by atoms with van der Waals surface area (Å²) in [6.45, 7) is 1.50. The number of rotatable bonds is 3. The molecule has 9 heteroatoms. The van der Waals surface area contributed by atoms with Crippen LogP contribution in [0.3, 0.4) is 0 Å². The van der Waals surface area contributed by atoms with Gasteiger partial charge in [0, 0.05) is 5.56 Å². The van der Waals surface area contributed by atoms with Crippen molar-refractivity contribution in [1.29, 1.82) is 0 Å². The highest BCUT2D eigenvalue weighted by Crippen LogP contribution is 2.36. The lowest BCUT2D eigenvalue weighted by molar-refractivity contribution is -0.137. The predicted octanol–water partition coefficient (Wildman–Crippen LogP) is 5.07. The van der Waals surface area contributed by atoms with Crippen LogP contribution in [-0.2, 0) is 6.18 Å². The van der Waals surface area contributed by atoms with Gasteiger partial charge in [0.2, 0.25) is 0 Å². The number of hydrogen-bond acceptors (Lipinski definition) is 4. The maximum atomic E-state index is 14.3. The summed E-state index contributed by atoms with van der Waals surface area (Å²) in [7, 11) is 0. The minimum Gasteiger partial charge on any atom is -0.394 e. The Labute approximate surface area is 150 Å². The monoisotopic (exact) mass is 380 g/mol. The van der Waals surface area contributed by atoms with E-state index in [0.29, 0.717) is 6.07 Å². The van der Waals surface area contributed by atoms with E-state index in [9.17, 15) is 22.0 Å². The molecule has 1 aromatic heterocycles. The number of halogens is 5. The molecule has 0 aliphatic carbocycles. The van der Waals surface area contributed by atoms with Crippen molar-refractivity contribution in [1.82, 2.24) is 9.97 Å². The van der Waals surface area contributed by atoms with Gasteiger partial charge in [-0.15, -0.1) is 0 Å². The molecule has 0 spiro atoms. The van der Waals surface area contributed by atoms with Crippen molar-refractivity contribution in [2.45, 2.75) is 13.1 Å². The first-order chi connectivity index (χ1) is 12.7. The van der Waals surface area contributed by atoms with Crippen LogP contribution in [0.25, 0.3) is 11.3 Å². The number of alkyl halides is 3. The van der Waals surface area contributed by atoms with E-state index < -0.39 is 23.4 Å². The van der Waals surface area contributed by atoms with Gasteiger partial charge in [-0.1, -0.05) is 12.1 Å². The van der Waals surface area contributed by atoms with E-state index in [1.54, 1.807) is 6.07 Å². The second-order valence-electron chi connectivity index (χ2n) is 5.68. The van der Waals surface area contributed by atoms with Crippen molar-refractivity contribution in [2.75, 3.05) is 11.1 Å². The van der Waals surface area contributed by atoms with E-state index in [0.717, 1.165) is 12.1 Å². The topological polar surface area (TPSA) is 63.8 Å². The Hall–Kier alpha value is -3.23. The zero-order chi connectivity index (χ0) is 19.8. The third kappa shape index (κ3) is 3.81. The van der Waals surface area contributed by atoms with Crippen LogP contribution in [-0.4, -0.2) is 9.97 Å². The van der Waals surface area contributed by atoms with Crippen molar-refractivity contribution in [3.05, 3.63) is 65.5 Å². The predicted molar refractivity (Wildman–Crippen MR) is 91.3 cm³/mol. The lowest BCUT2D eigenvalue weighted by Gasteiger charge is -2.14. The Morgan fingerprint density at radius 1 is 0.963 bits per heavy atom. The first kappa shape index (κ1) is 18.6. The lowest BCUT2D eigenvalue weighted by Crippen LogP contribution is -2.08. The summed E-state index contributed by atoms with van der Waals surface area (Å²) in [6, 6.07) is 7.82. The summed E-state index contributed by atoms with van der Waals surface area (Å²) in [5, 5.41) is 2.69. The first-order valence-corrected chi connectivity index (χ1v) is 7.69. The highest BCUT2D eigenvalue weighted by Gasteiger charge is 2.31. The molecule has 0 unspecified atom stereocenters. The summed E-state index contributed by atoms with van der Waals surface area (Å²) < 4.78 is 66.3. The second-order valence-corrected chi connectivity index (χ2v) is 5.68. The van der Waals surface area contributed by atoms with Gasteiger partial charge in [-0.3, -0.25) is 0 Å². The van der Waals surface area contributed by atoms with Crippen molar-refractivity contribution < 1.29 is 22.0 Å². The largest absolute Gasteiger partial charge is 0.416 e. The van der Waals surface area contributed by atoms with Crippen molar-refractivity contribution in [3.63, 3.8) is 0 Å². The van der Waals surface area contributed by atoms with Crippen LogP contribution in [0.4, 0.5) is 39.1 Å². The van der Waals surface area contributed by atoms with Gasteiger partial charge in [0.25, 0.3) is 0 Å². The molecule has 140 valence electrons. The van der Waals surface area contributed by atoms with Gasteiger partial charge in [-0.2, -0.15) is 13.2 Å². The fourth-order valence-corrected chi connectivity index (χ4v) is 2.46. The highest BCUT2D eigenvalue weighted by molar-refractivity contribution is 5.83. The molecule has 0 bridgehead atoms. The maximum absolute atomic E-state index is 14.3. The van der Waals surface area contributed by atoms with E-state index in [-0.39, 0.29) is 34.3 Å². The third-order valence-corrected chi connectivity index (χ3v) is 3.74. The SMILES string of the molecule is Cc1nc(Nc2ccccc2F)c(N)c(-c2ccc(C(F)(F)F)cc2F)n1. The molecular weight excluding hydrogens is 367 g/mol. The number of nitrogens with two attached hydrogens (primary N) is 1. The molecule has 2 aromatic carbocycles. The van der Waals surface area contributed by atoms with Crippen molar-refractivity contribution >= 4 is 17.2 Å². The van der Waals surface area contributed by atoms with Gasteiger partial charge < -0.3 is 11.1 Å². The number of nitrogens with zero attached hydrogens (tertiary/aromatic N) is 2. The molecule has 1 heterocycles. The number of hydrogen-bond donors (Lipinski definition) is 2. The summed E-state index contributed by atoms with van der Waals surface area (Å²) >= 11 is 0. The van der Waals surface area contributed by atoms with Crippen LogP contribution < -0.4 is 11.1 Å². The fraction of sp³-hybridized carbons (Fsp3) is 0.111. The number of benzene rings is 2. The van der Waals surface area contributed by atoms with Gasteiger partial charge in [-0.05, 0) is 37.3 Å². The van der Waals surface area contributed by atoms with E-state index in [1.807, 2.05) is 0 Å². The van der Waals surface area contributed by atoms with Gasteiger partial charge in [0.1, 0.15) is 28.8 Å². The zero-order valence-corrected chi connectivity index (χ0v) is 13.9. The highest BCUT2D eigenvalue weighted by atomic mass is 19.4. The molecule has 0 fully saturated rings. The summed E-state index contributed by atoms with van der Waals surface area (Å²) in [5.41, 5.74) is 4.50. The van der Waals surface area contributed by atoms with E-state index >= 15 is 0 Å². The molecule has 0 saturated heterocycles. The number of anilines is 3. The van der Waals surface area contributed by atoms with Crippen LogP contribution in [0.2, 0.25) is 0 Å². The number of aryl methyl sites for hydroxylation is 1. The Bertz CT molecular complexity index is 1000. The van der Waals surface area contributed by atoms with E-state index in [2.05, 4.69) is 15.3 Å². The van der Waals surface area contributed by atoms with Gasteiger partial charge >= 0.3 is 6.18 Å². The quantitative estimate of drug-likeness (QED) is 0.623. The smallest absolute Gasteiger partial charge is 0.394 e. The maximum Gasteiger partial charge on any atom is 0.416 e. The van der Waals surface area contributed by atoms with Gasteiger partial charge in [-0.25, -0.2) is 18.7 Å². The molecular formula is C18H13F5N4. The van der Waals surface area contributed by atoms with E-state index in [1.165, 1.54) is 25.1 Å². The molecule has 0 atom stereocenters. The van der Waals surface area contributed by atoms with Crippen LogP contribution in [0.15, 0.2) is 42.5 Å². The minimum atomic E-state index is -4.68. The average molecular weight is 380 g/mol. The molecule has 0 aliphatic heterocycles. The minimum absolute atomic E-state index is 0.0156. The molecule has 0 radical (unpaired) electrons. The first-order valence-electron chi connectivity index (χ1n) is 7.69. The standard InChI is InChI=1S/C18H13F5N4/c1-9-25-16(11-7-6-10(8-13(11)20)18(21,22)23)15(24)17(26-9)27-14-5-3-2-4-12(14)19/h2-8H,24H2,1H3,(H,25,26,27). The lowest BCUT2D eigenvalue weighted by atomic mass is 10.1. The number of aromatic nitrogens is 2. The average Bonchev–Trinajstić information content (AvgIpc) is 2.59. The zero-order valence-electron chi connectivity index (χ0n) is 13.9. The number of para-hydroxylation sites is 1. The third-order valence-electron chi connectivity index (χ3n) is 3.74. The fourth-order valence-electron chi connectivity index (χ4n) is 2.46. The molecule has 0 saturated carbocycles. The Kier molecular flexibility index (Phi) is 4.69. The second kappa shape index (κ2) is 6.82. The van der Waals surface area contributed by atoms with Crippen molar-refractivity contribution in [2.24, 2.45) is 0 Å². The summed E-state index contributed by atoms with van der Waals surface area (Å²) in [5.74, 6) is -1.50. The number of nitrogen functional groups attached to an aromatic ring is 1. The summed E-state index contributed by atoms with van der Waals surface area (Å²) in [6.07, 6.45) is -4.68. The van der Waals surface area contributed by atoms with Crippen LogP contribution in [0.5, 0.6) is 0 Å². The Balaban J connectivity index is 2.07. The van der Waals surface area contributed by atoms with Crippen LogP contribution in [0.1, 0.15) is 11.4 Å². The molecule has 0 amide bonds. The molecule has 3 N–H and O–H groups in total. The summed E-state index contributed by atoms with van der Waals surface area (Å²) in [4.78, 5) is 8.09. The van der Waals surface area contributed by atoms with Gasteiger partial charge in [0.15, 0.2) is 5.82 Å². The van der Waals surface area contributed by atoms with Crippen LogP contribution >= 0.6 is 0 Å².